The summed E-state index contributed by atoms with van der Waals surface area (Å²) < 4.78 is 0. The Bertz CT molecular complexity index is 484. The van der Waals surface area contributed by atoms with Crippen LogP contribution in [0.15, 0.2) is 0 Å². The molecule has 0 radical (unpaired) electrons. The Morgan fingerprint density at radius 2 is 1.60 bits per heavy atom. The Kier molecular flexibility index (Phi) is 4.79. The summed E-state index contributed by atoms with van der Waals surface area (Å²) in [4.78, 5) is 0. The molecule has 1 N–H and O–H groups in total. The number of aliphatic hydroxyl groups is 1. The molecule has 0 heterocycles. The molecule has 0 bridgehead atoms. The van der Waals surface area contributed by atoms with E-state index in [0.717, 1.165) is 48.3 Å². The summed E-state index contributed by atoms with van der Waals surface area (Å²) in [6, 6.07) is 0. The molecule has 4 rings (SSSR count). The summed E-state index contributed by atoms with van der Waals surface area (Å²) in [7, 11) is 0. The highest BCUT2D eigenvalue weighted by molar-refractivity contribution is 5.09. The van der Waals surface area contributed by atoms with E-state index in [1.807, 2.05) is 0 Å². The molecule has 0 spiro atoms. The topological polar surface area (TPSA) is 20.2 Å². The van der Waals surface area contributed by atoms with Crippen LogP contribution < -0.4 is 0 Å². The van der Waals surface area contributed by atoms with Crippen molar-refractivity contribution in [3.8, 4) is 0 Å². The first-order valence-electron chi connectivity index (χ1n) is 11.5. The van der Waals surface area contributed by atoms with Crippen molar-refractivity contribution < 1.29 is 5.11 Å². The van der Waals surface area contributed by atoms with Gasteiger partial charge >= 0.3 is 0 Å². The Labute approximate surface area is 156 Å². The quantitative estimate of drug-likeness (QED) is 0.623. The maximum Gasteiger partial charge on any atom is 0.0543 e. The summed E-state index contributed by atoms with van der Waals surface area (Å²) in [5.74, 6) is 5.63. The molecular formula is C24H42O. The highest BCUT2D eigenvalue weighted by Crippen LogP contribution is 2.67. The Morgan fingerprint density at radius 1 is 0.880 bits per heavy atom. The third kappa shape index (κ3) is 2.91. The summed E-state index contributed by atoms with van der Waals surface area (Å²) in [6.45, 7) is 10.1. The Morgan fingerprint density at radius 3 is 2.36 bits per heavy atom. The third-order valence-electron chi connectivity index (χ3n) is 9.93. The number of hydrogen-bond donors (Lipinski definition) is 1. The molecule has 0 aromatic heterocycles. The van der Waals surface area contributed by atoms with Crippen LogP contribution in [0.25, 0.3) is 0 Å². The van der Waals surface area contributed by atoms with Gasteiger partial charge in [-0.05, 0) is 111 Å². The lowest BCUT2D eigenvalue weighted by atomic mass is 9.44. The number of hydrogen-bond acceptors (Lipinski definition) is 1. The summed E-state index contributed by atoms with van der Waals surface area (Å²) >= 11 is 0. The van der Waals surface area contributed by atoms with Gasteiger partial charge in [-0.3, -0.25) is 0 Å². The van der Waals surface area contributed by atoms with Crippen LogP contribution in [-0.2, 0) is 0 Å². The lowest BCUT2D eigenvalue weighted by molar-refractivity contribution is -0.127. The van der Waals surface area contributed by atoms with Gasteiger partial charge < -0.3 is 5.11 Å². The second kappa shape index (κ2) is 6.54. The van der Waals surface area contributed by atoms with Gasteiger partial charge in [0.25, 0.3) is 0 Å². The van der Waals surface area contributed by atoms with Crippen molar-refractivity contribution in [1.29, 1.82) is 0 Å². The Hall–Kier alpha value is -0.0400. The number of aliphatic hydroxyl groups excluding tert-OH is 1. The fourth-order valence-electron chi connectivity index (χ4n) is 8.35. The summed E-state index contributed by atoms with van der Waals surface area (Å²) in [5.41, 5.74) is 1.19. The maximum absolute atomic E-state index is 10.2. The van der Waals surface area contributed by atoms with E-state index in [2.05, 4.69) is 27.7 Å². The molecule has 4 aliphatic carbocycles. The van der Waals surface area contributed by atoms with Crippen molar-refractivity contribution >= 4 is 0 Å². The van der Waals surface area contributed by atoms with Crippen molar-refractivity contribution in [2.24, 2.45) is 46.3 Å². The monoisotopic (exact) mass is 346 g/mol. The van der Waals surface area contributed by atoms with Gasteiger partial charge in [0.2, 0.25) is 0 Å². The van der Waals surface area contributed by atoms with Gasteiger partial charge in [0, 0.05) is 0 Å². The van der Waals surface area contributed by atoms with E-state index < -0.39 is 0 Å². The molecule has 0 amide bonds. The van der Waals surface area contributed by atoms with E-state index in [4.69, 9.17) is 0 Å². The van der Waals surface area contributed by atoms with E-state index in [0.29, 0.717) is 10.8 Å². The van der Waals surface area contributed by atoms with Crippen LogP contribution >= 0.6 is 0 Å². The van der Waals surface area contributed by atoms with Crippen molar-refractivity contribution in [2.45, 2.75) is 104 Å². The smallest absolute Gasteiger partial charge is 0.0543 e. The predicted molar refractivity (Wildman–Crippen MR) is 105 cm³/mol. The predicted octanol–water partition coefficient (Wildman–Crippen LogP) is 6.44. The molecule has 4 aliphatic rings. The van der Waals surface area contributed by atoms with E-state index >= 15 is 0 Å². The minimum absolute atomic E-state index is 0.00428. The van der Waals surface area contributed by atoms with Crippen LogP contribution in [0, 0.1) is 46.3 Å². The first kappa shape index (κ1) is 18.3. The molecular weight excluding hydrogens is 304 g/mol. The zero-order valence-electron chi connectivity index (χ0n) is 17.3. The minimum Gasteiger partial charge on any atom is -0.393 e. The molecule has 25 heavy (non-hydrogen) atoms. The van der Waals surface area contributed by atoms with Crippen LogP contribution in [0.4, 0.5) is 0 Å². The standard InChI is InChI=1S/C24H42O/c1-16(2)5-6-17-8-10-21-20-9-7-18-15-19(25)11-13-24(18,4)22(20)12-14-23(17,21)3/h16-22,25H,5-15H2,1-4H3/t17-,18?,19-,20-,21-,22-,23+,24-/m0/s1. The lowest BCUT2D eigenvalue weighted by Gasteiger charge is -2.61. The average Bonchev–Trinajstić information content (AvgIpc) is 2.90. The number of fused-ring (bicyclic) bond motifs is 5. The third-order valence-corrected chi connectivity index (χ3v) is 9.93. The molecule has 1 nitrogen and oxygen atoms in total. The van der Waals surface area contributed by atoms with Crippen molar-refractivity contribution in [1.82, 2.24) is 0 Å². The lowest BCUT2D eigenvalue weighted by Crippen LogP contribution is -2.53. The van der Waals surface area contributed by atoms with Crippen molar-refractivity contribution in [3.05, 3.63) is 0 Å². The van der Waals surface area contributed by atoms with Crippen molar-refractivity contribution in [2.75, 3.05) is 0 Å². The summed E-state index contributed by atoms with van der Waals surface area (Å²) in [6.07, 6.45) is 15.2. The molecule has 4 fully saturated rings. The van der Waals surface area contributed by atoms with Crippen LogP contribution in [0.1, 0.15) is 98.3 Å². The van der Waals surface area contributed by atoms with Gasteiger partial charge in [-0.1, -0.05) is 34.1 Å². The molecule has 0 aliphatic heterocycles. The first-order valence-corrected chi connectivity index (χ1v) is 11.5. The molecule has 4 saturated carbocycles. The second-order valence-electron chi connectivity index (χ2n) is 11.4. The van der Waals surface area contributed by atoms with E-state index in [-0.39, 0.29) is 6.10 Å². The number of rotatable bonds is 3. The van der Waals surface area contributed by atoms with Crippen molar-refractivity contribution in [3.63, 3.8) is 0 Å². The molecule has 0 saturated heterocycles. The van der Waals surface area contributed by atoms with Gasteiger partial charge in [-0.25, -0.2) is 0 Å². The van der Waals surface area contributed by atoms with E-state index in [1.54, 1.807) is 0 Å². The fraction of sp³-hybridized carbons (Fsp3) is 1.00. The second-order valence-corrected chi connectivity index (χ2v) is 11.4. The fourth-order valence-corrected chi connectivity index (χ4v) is 8.35. The average molecular weight is 347 g/mol. The summed E-state index contributed by atoms with van der Waals surface area (Å²) in [5, 5.41) is 10.2. The van der Waals surface area contributed by atoms with E-state index in [9.17, 15) is 5.11 Å². The molecule has 1 heteroatoms. The molecule has 0 aromatic rings. The van der Waals surface area contributed by atoms with Gasteiger partial charge in [0.05, 0.1) is 6.10 Å². The van der Waals surface area contributed by atoms with Crippen LogP contribution in [0.3, 0.4) is 0 Å². The highest BCUT2D eigenvalue weighted by Gasteiger charge is 2.59. The normalized spacial score (nSPS) is 52.6. The zero-order chi connectivity index (χ0) is 17.8. The van der Waals surface area contributed by atoms with Crippen LogP contribution in [0.5, 0.6) is 0 Å². The van der Waals surface area contributed by atoms with Gasteiger partial charge in [0.1, 0.15) is 0 Å². The van der Waals surface area contributed by atoms with Gasteiger partial charge in [-0.15, -0.1) is 0 Å². The molecule has 8 atom stereocenters. The largest absolute Gasteiger partial charge is 0.393 e. The van der Waals surface area contributed by atoms with Crippen LogP contribution in [-0.4, -0.2) is 11.2 Å². The van der Waals surface area contributed by atoms with Gasteiger partial charge in [-0.2, -0.15) is 0 Å². The molecule has 1 unspecified atom stereocenters. The molecule has 0 aromatic carbocycles. The Balaban J connectivity index is 1.52. The minimum atomic E-state index is -0.00428. The van der Waals surface area contributed by atoms with Crippen LogP contribution in [0.2, 0.25) is 0 Å². The zero-order valence-corrected chi connectivity index (χ0v) is 17.3. The molecule has 144 valence electrons. The van der Waals surface area contributed by atoms with E-state index in [1.165, 1.54) is 57.8 Å². The first-order chi connectivity index (χ1) is 11.8. The maximum atomic E-state index is 10.2. The van der Waals surface area contributed by atoms with Gasteiger partial charge in [0.15, 0.2) is 0 Å². The SMILES string of the molecule is CC(C)CC[C@H]1CC[C@H]2[C@@H]3CCC4C[C@@H](O)CC[C@]4(C)[C@H]3CC[C@]12C. The highest BCUT2D eigenvalue weighted by atomic mass is 16.3.